The Morgan fingerprint density at radius 1 is 1.48 bits per heavy atom. The van der Waals surface area contributed by atoms with Gasteiger partial charge in [0.05, 0.1) is 5.54 Å². The molecule has 3 rings (SSSR count). The molecule has 1 saturated heterocycles. The molecular weight excluding hydrogens is 290 g/mol. The van der Waals surface area contributed by atoms with Crippen LogP contribution in [0.25, 0.3) is 11.0 Å². The summed E-state index contributed by atoms with van der Waals surface area (Å²) in [5.74, 6) is 0.0672. The molecule has 5 heteroatoms. The molecule has 124 valence electrons. The second-order valence-electron chi connectivity index (χ2n) is 7.14. The molecule has 2 aromatic rings. The monoisotopic (exact) mass is 315 g/mol. The summed E-state index contributed by atoms with van der Waals surface area (Å²) in [4.78, 5) is 14.7. The molecule has 0 unspecified atom stereocenters. The van der Waals surface area contributed by atoms with Gasteiger partial charge in [-0.25, -0.2) is 0 Å². The first-order valence-electron chi connectivity index (χ1n) is 8.25. The Morgan fingerprint density at radius 2 is 2.26 bits per heavy atom. The average molecular weight is 315 g/mol. The lowest BCUT2D eigenvalue weighted by Crippen LogP contribution is -2.43. The van der Waals surface area contributed by atoms with Crippen LogP contribution in [0.3, 0.4) is 0 Å². The van der Waals surface area contributed by atoms with Gasteiger partial charge in [0.15, 0.2) is 5.58 Å². The van der Waals surface area contributed by atoms with Gasteiger partial charge in [0, 0.05) is 17.8 Å². The Bertz CT molecular complexity index is 720. The minimum Gasteiger partial charge on any atom is -0.356 e. The van der Waals surface area contributed by atoms with Crippen LogP contribution in [0.5, 0.6) is 0 Å². The highest BCUT2D eigenvalue weighted by Gasteiger charge is 2.31. The summed E-state index contributed by atoms with van der Waals surface area (Å²) < 4.78 is 5.49. The number of carbonyl (C=O) groups excluding carboxylic acids is 1. The van der Waals surface area contributed by atoms with Crippen molar-refractivity contribution in [2.75, 3.05) is 13.6 Å². The number of fused-ring (bicyclic) bond motifs is 1. The molecule has 2 heterocycles. The second kappa shape index (κ2) is 5.96. The van der Waals surface area contributed by atoms with Crippen molar-refractivity contribution in [1.82, 2.24) is 15.4 Å². The molecule has 1 aliphatic rings. The minimum absolute atomic E-state index is 0.0672. The Labute approximate surface area is 137 Å². The van der Waals surface area contributed by atoms with E-state index < -0.39 is 5.54 Å². The SMILES string of the molecule is Cc1cccc2c(C(C)(C)NC(=O)C[C@@H]3CCCN3C)noc12. The van der Waals surface area contributed by atoms with E-state index in [4.69, 9.17) is 4.52 Å². The summed E-state index contributed by atoms with van der Waals surface area (Å²) in [5, 5.41) is 8.32. The molecule has 5 nitrogen and oxygen atoms in total. The van der Waals surface area contributed by atoms with E-state index in [-0.39, 0.29) is 5.91 Å². The van der Waals surface area contributed by atoms with Crippen molar-refractivity contribution in [2.45, 2.75) is 51.6 Å². The van der Waals surface area contributed by atoms with Crippen molar-refractivity contribution in [3.8, 4) is 0 Å². The lowest BCUT2D eigenvalue weighted by atomic mass is 9.96. The zero-order chi connectivity index (χ0) is 16.6. The zero-order valence-electron chi connectivity index (χ0n) is 14.3. The van der Waals surface area contributed by atoms with Gasteiger partial charge < -0.3 is 14.7 Å². The first kappa shape index (κ1) is 16.0. The molecule has 0 aliphatic carbocycles. The van der Waals surface area contributed by atoms with Crippen LogP contribution in [0.2, 0.25) is 0 Å². The van der Waals surface area contributed by atoms with E-state index in [9.17, 15) is 4.79 Å². The molecule has 0 saturated carbocycles. The first-order chi connectivity index (χ1) is 10.9. The van der Waals surface area contributed by atoms with E-state index in [2.05, 4.69) is 22.4 Å². The van der Waals surface area contributed by atoms with Crippen LogP contribution in [-0.2, 0) is 10.3 Å². The fourth-order valence-electron chi connectivity index (χ4n) is 3.46. The van der Waals surface area contributed by atoms with Crippen molar-refractivity contribution in [3.05, 3.63) is 29.5 Å². The molecule has 0 radical (unpaired) electrons. The predicted molar refractivity (Wildman–Crippen MR) is 90.2 cm³/mol. The van der Waals surface area contributed by atoms with Crippen molar-refractivity contribution in [2.24, 2.45) is 0 Å². The van der Waals surface area contributed by atoms with Crippen molar-refractivity contribution < 1.29 is 9.32 Å². The van der Waals surface area contributed by atoms with E-state index >= 15 is 0 Å². The third kappa shape index (κ3) is 3.11. The molecule has 1 amide bonds. The van der Waals surface area contributed by atoms with Crippen LogP contribution in [0.15, 0.2) is 22.7 Å². The number of likely N-dealkylation sites (tertiary alicyclic amines) is 1. The highest BCUT2D eigenvalue weighted by Crippen LogP contribution is 2.29. The molecule has 1 aromatic heterocycles. The number of nitrogens with one attached hydrogen (secondary N) is 1. The molecule has 1 fully saturated rings. The number of para-hydroxylation sites is 1. The van der Waals surface area contributed by atoms with Gasteiger partial charge in [0.25, 0.3) is 0 Å². The number of hydrogen-bond donors (Lipinski definition) is 1. The van der Waals surface area contributed by atoms with Gasteiger partial charge in [-0.05, 0) is 58.8 Å². The summed E-state index contributed by atoms with van der Waals surface area (Å²) >= 11 is 0. The largest absolute Gasteiger partial charge is 0.356 e. The van der Waals surface area contributed by atoms with Crippen LogP contribution in [0, 0.1) is 6.92 Å². The van der Waals surface area contributed by atoms with E-state index in [0.29, 0.717) is 12.5 Å². The highest BCUT2D eigenvalue weighted by molar-refractivity contribution is 5.84. The molecule has 0 spiro atoms. The Hall–Kier alpha value is -1.88. The smallest absolute Gasteiger partial charge is 0.222 e. The van der Waals surface area contributed by atoms with E-state index in [1.807, 2.05) is 39.0 Å². The van der Waals surface area contributed by atoms with E-state index in [1.54, 1.807) is 0 Å². The van der Waals surface area contributed by atoms with Crippen molar-refractivity contribution in [1.29, 1.82) is 0 Å². The standard InChI is InChI=1S/C18H25N3O2/c1-12-7-5-9-14-16(12)23-20-17(14)18(2,3)19-15(22)11-13-8-6-10-21(13)4/h5,7,9,13H,6,8,10-11H2,1-4H3,(H,19,22)/t13-/m0/s1. The molecular formula is C18H25N3O2. The number of benzene rings is 1. The van der Waals surface area contributed by atoms with Gasteiger partial charge in [0.2, 0.25) is 5.91 Å². The van der Waals surface area contributed by atoms with Gasteiger partial charge in [-0.15, -0.1) is 0 Å². The Morgan fingerprint density at radius 3 is 2.96 bits per heavy atom. The third-order valence-electron chi connectivity index (χ3n) is 4.83. The summed E-state index contributed by atoms with van der Waals surface area (Å²) in [6.45, 7) is 7.03. The van der Waals surface area contributed by atoms with Gasteiger partial charge in [-0.2, -0.15) is 0 Å². The fourth-order valence-corrected chi connectivity index (χ4v) is 3.46. The summed E-state index contributed by atoms with van der Waals surface area (Å²) in [5.41, 5.74) is 2.06. The molecule has 23 heavy (non-hydrogen) atoms. The number of amides is 1. The minimum atomic E-state index is -0.562. The maximum absolute atomic E-state index is 12.5. The predicted octanol–water partition coefficient (Wildman–Crippen LogP) is 2.97. The normalized spacial score (nSPS) is 19.4. The summed E-state index contributed by atoms with van der Waals surface area (Å²) in [7, 11) is 2.09. The van der Waals surface area contributed by atoms with Crippen LogP contribution < -0.4 is 5.32 Å². The quantitative estimate of drug-likeness (QED) is 0.942. The topological polar surface area (TPSA) is 58.4 Å². The Balaban J connectivity index is 1.77. The van der Waals surface area contributed by atoms with Crippen LogP contribution >= 0.6 is 0 Å². The lowest BCUT2D eigenvalue weighted by Gasteiger charge is -2.26. The van der Waals surface area contributed by atoms with E-state index in [0.717, 1.165) is 35.2 Å². The highest BCUT2D eigenvalue weighted by atomic mass is 16.5. The number of hydrogen-bond acceptors (Lipinski definition) is 4. The number of aryl methyl sites for hydroxylation is 1. The Kier molecular flexibility index (Phi) is 4.15. The van der Waals surface area contributed by atoms with Crippen molar-refractivity contribution >= 4 is 16.9 Å². The maximum Gasteiger partial charge on any atom is 0.222 e. The van der Waals surface area contributed by atoms with Crippen LogP contribution in [-0.4, -0.2) is 35.6 Å². The number of aromatic nitrogens is 1. The van der Waals surface area contributed by atoms with Crippen molar-refractivity contribution in [3.63, 3.8) is 0 Å². The fraction of sp³-hybridized carbons (Fsp3) is 0.556. The molecule has 1 aromatic carbocycles. The molecule has 0 bridgehead atoms. The number of nitrogens with zero attached hydrogens (tertiary/aromatic N) is 2. The summed E-state index contributed by atoms with van der Waals surface area (Å²) in [6, 6.07) is 6.33. The summed E-state index contributed by atoms with van der Waals surface area (Å²) in [6.07, 6.45) is 2.80. The van der Waals surface area contributed by atoms with E-state index in [1.165, 1.54) is 6.42 Å². The third-order valence-corrected chi connectivity index (χ3v) is 4.83. The van der Waals surface area contributed by atoms with Gasteiger partial charge >= 0.3 is 0 Å². The second-order valence-corrected chi connectivity index (χ2v) is 7.14. The number of carbonyl (C=O) groups is 1. The van der Waals surface area contributed by atoms with Gasteiger partial charge in [0.1, 0.15) is 5.69 Å². The van der Waals surface area contributed by atoms with Gasteiger partial charge in [-0.3, -0.25) is 4.79 Å². The zero-order valence-corrected chi connectivity index (χ0v) is 14.3. The maximum atomic E-state index is 12.5. The van der Waals surface area contributed by atoms with Gasteiger partial charge in [-0.1, -0.05) is 17.3 Å². The molecule has 1 atom stereocenters. The first-order valence-corrected chi connectivity index (χ1v) is 8.25. The number of rotatable bonds is 4. The van der Waals surface area contributed by atoms with Crippen LogP contribution in [0.1, 0.15) is 44.4 Å². The average Bonchev–Trinajstić information content (AvgIpc) is 3.06. The molecule has 1 aliphatic heterocycles. The molecule has 1 N–H and O–H groups in total. The van der Waals surface area contributed by atoms with Crippen LogP contribution in [0.4, 0.5) is 0 Å². The lowest BCUT2D eigenvalue weighted by molar-refractivity contribution is -0.123.